The third kappa shape index (κ3) is 7.87. The molecular formula is C35H52N4O6. The minimum absolute atomic E-state index is 0.0976. The van der Waals surface area contributed by atoms with Crippen LogP contribution in [0, 0.1) is 28.6 Å². The number of alkyl carbamates (subject to hydrolysis) is 1. The number of ether oxygens (including phenoxy) is 1. The van der Waals surface area contributed by atoms with E-state index in [2.05, 4.69) is 41.9 Å². The van der Waals surface area contributed by atoms with Crippen molar-refractivity contribution in [2.75, 3.05) is 13.1 Å². The lowest BCUT2D eigenvalue weighted by Gasteiger charge is -2.38. The van der Waals surface area contributed by atoms with Crippen LogP contribution in [0.4, 0.5) is 4.79 Å². The summed E-state index contributed by atoms with van der Waals surface area (Å²) in [4.78, 5) is 68.6. The lowest BCUT2D eigenvalue weighted by molar-refractivity contribution is -0.145. The highest BCUT2D eigenvalue weighted by Gasteiger charge is 2.70. The fourth-order valence-corrected chi connectivity index (χ4v) is 6.92. The molecule has 0 spiro atoms. The van der Waals surface area contributed by atoms with Crippen molar-refractivity contribution in [1.82, 2.24) is 20.9 Å². The quantitative estimate of drug-likeness (QED) is 0.317. The fraction of sp³-hybridized carbons (Fsp3) is 0.686. The molecule has 3 fully saturated rings. The number of benzene rings is 1. The van der Waals surface area contributed by atoms with Gasteiger partial charge in [0.05, 0.1) is 6.04 Å². The lowest BCUT2D eigenvalue weighted by Crippen LogP contribution is -2.60. The highest BCUT2D eigenvalue weighted by molar-refractivity contribution is 6.38. The average molecular weight is 625 g/mol. The molecule has 10 heteroatoms. The smallest absolute Gasteiger partial charge is 0.408 e. The predicted molar refractivity (Wildman–Crippen MR) is 171 cm³/mol. The van der Waals surface area contributed by atoms with Crippen LogP contribution in [0.15, 0.2) is 30.3 Å². The maximum Gasteiger partial charge on any atom is 0.408 e. The molecule has 2 saturated carbocycles. The van der Waals surface area contributed by atoms with E-state index in [1.807, 2.05) is 45.9 Å². The van der Waals surface area contributed by atoms with Gasteiger partial charge in [-0.25, -0.2) is 4.79 Å². The van der Waals surface area contributed by atoms with Crippen molar-refractivity contribution in [2.45, 2.75) is 111 Å². The summed E-state index contributed by atoms with van der Waals surface area (Å²) in [6.07, 6.45) is 1.13. The largest absolute Gasteiger partial charge is 0.444 e. The molecule has 3 N–H and O–H groups in total. The van der Waals surface area contributed by atoms with Crippen LogP contribution < -0.4 is 16.0 Å². The molecule has 1 saturated heterocycles. The van der Waals surface area contributed by atoms with Gasteiger partial charge in [0, 0.05) is 13.1 Å². The highest BCUT2D eigenvalue weighted by Crippen LogP contribution is 2.65. The van der Waals surface area contributed by atoms with E-state index in [0.29, 0.717) is 31.8 Å². The molecule has 0 aromatic heterocycles. The monoisotopic (exact) mass is 624 g/mol. The summed E-state index contributed by atoms with van der Waals surface area (Å²) in [6.45, 7) is 17.6. The Morgan fingerprint density at radius 2 is 1.64 bits per heavy atom. The number of carbonyl (C=O) groups excluding carboxylic acids is 5. The fourth-order valence-electron chi connectivity index (χ4n) is 6.92. The summed E-state index contributed by atoms with van der Waals surface area (Å²) in [6, 6.07) is 7.35. The topological polar surface area (TPSA) is 134 Å². The number of hydrogen-bond acceptors (Lipinski definition) is 6. The van der Waals surface area contributed by atoms with Crippen LogP contribution >= 0.6 is 0 Å². The van der Waals surface area contributed by atoms with E-state index >= 15 is 0 Å². The summed E-state index contributed by atoms with van der Waals surface area (Å²) in [5, 5.41) is 8.39. The predicted octanol–water partition coefficient (Wildman–Crippen LogP) is 4.18. The molecule has 3 aliphatic rings. The van der Waals surface area contributed by atoms with Crippen molar-refractivity contribution in [3.8, 4) is 0 Å². The van der Waals surface area contributed by atoms with Crippen molar-refractivity contribution < 1.29 is 28.7 Å². The van der Waals surface area contributed by atoms with Crippen molar-refractivity contribution >= 4 is 29.6 Å². The molecule has 0 radical (unpaired) electrons. The summed E-state index contributed by atoms with van der Waals surface area (Å²) < 4.78 is 5.43. The Kier molecular flexibility index (Phi) is 9.76. The van der Waals surface area contributed by atoms with E-state index < -0.39 is 52.8 Å². The van der Waals surface area contributed by atoms with E-state index in [-0.39, 0.29) is 29.1 Å². The Labute approximate surface area is 267 Å². The molecule has 2 aliphatic carbocycles. The van der Waals surface area contributed by atoms with Gasteiger partial charge in [-0.05, 0) is 73.7 Å². The van der Waals surface area contributed by atoms with Crippen LogP contribution in [0.1, 0.15) is 93.1 Å². The number of carbonyl (C=O) groups is 5. The van der Waals surface area contributed by atoms with Gasteiger partial charge in [0.15, 0.2) is 0 Å². The van der Waals surface area contributed by atoms with E-state index in [1.54, 1.807) is 25.7 Å². The highest BCUT2D eigenvalue weighted by atomic mass is 16.6. The number of rotatable bonds is 11. The van der Waals surface area contributed by atoms with Crippen LogP contribution in [0.5, 0.6) is 0 Å². The molecular weight excluding hydrogens is 572 g/mol. The number of hydrogen-bond donors (Lipinski definition) is 3. The van der Waals surface area contributed by atoms with Gasteiger partial charge in [0.25, 0.3) is 5.91 Å². The number of amides is 4. The van der Waals surface area contributed by atoms with Crippen molar-refractivity contribution in [2.24, 2.45) is 28.6 Å². The van der Waals surface area contributed by atoms with E-state index in [1.165, 1.54) is 5.56 Å². The number of Topliss-reactive ketones (excluding diaryl/α,β-unsaturated/α-hetero) is 1. The number of nitrogens with zero attached hydrogens (tertiary/aromatic N) is 1. The summed E-state index contributed by atoms with van der Waals surface area (Å²) in [5.41, 5.74) is -0.342. The van der Waals surface area contributed by atoms with Crippen molar-refractivity contribution in [3.05, 3.63) is 35.9 Å². The SMILES string of the molecule is CCCC(NC(=O)[C@@H]1[C@@H]2[C@H](CN1C(=O)C(NC(=O)OC(C)(C)C)C(C)(C)C)C2(C)C)C(=O)C(=O)NCC1CC1c1ccccc1. The van der Waals surface area contributed by atoms with E-state index in [4.69, 9.17) is 4.74 Å². The van der Waals surface area contributed by atoms with Crippen LogP contribution in [-0.4, -0.2) is 71.3 Å². The molecule has 4 unspecified atom stereocenters. The van der Waals surface area contributed by atoms with Gasteiger partial charge in [0.2, 0.25) is 17.6 Å². The first kappa shape index (κ1) is 34.4. The van der Waals surface area contributed by atoms with Crippen molar-refractivity contribution in [1.29, 1.82) is 0 Å². The summed E-state index contributed by atoms with van der Waals surface area (Å²) >= 11 is 0. The summed E-state index contributed by atoms with van der Waals surface area (Å²) in [7, 11) is 0. The standard InChI is InChI=1S/C35H52N4O6/c1-10-14-24(27(40)30(42)36-18-21-17-22(21)20-15-12-11-13-16-20)37-29(41)26-25-23(35(25,8)9)19-39(26)31(43)28(33(2,3)4)38-32(44)45-34(5,6)7/h11-13,15-16,21-26,28H,10,14,17-19H2,1-9H3,(H,36,42)(H,37,41)(H,38,44)/t21?,22?,23-,24?,25-,26-,28?/m0/s1. The maximum absolute atomic E-state index is 14.1. The van der Waals surface area contributed by atoms with Gasteiger partial charge in [-0.1, -0.05) is 78.3 Å². The molecule has 1 heterocycles. The number of likely N-dealkylation sites (tertiary alicyclic amines) is 1. The second-order valence-electron chi connectivity index (χ2n) is 15.8. The van der Waals surface area contributed by atoms with Gasteiger partial charge >= 0.3 is 6.09 Å². The zero-order valence-corrected chi connectivity index (χ0v) is 28.4. The Bertz CT molecular complexity index is 1300. The molecule has 7 atom stereocenters. The first-order valence-corrected chi connectivity index (χ1v) is 16.3. The second kappa shape index (κ2) is 12.8. The Morgan fingerprint density at radius 1 is 1.00 bits per heavy atom. The van der Waals surface area contributed by atoms with Gasteiger partial charge in [-0.2, -0.15) is 0 Å². The van der Waals surface area contributed by atoms with Crippen LogP contribution in [0.25, 0.3) is 0 Å². The number of fused-ring (bicyclic) bond motifs is 1. The van der Waals surface area contributed by atoms with Crippen LogP contribution in [-0.2, 0) is 23.9 Å². The Balaban J connectivity index is 1.44. The summed E-state index contributed by atoms with van der Waals surface area (Å²) in [5.74, 6) is -1.54. The van der Waals surface area contributed by atoms with Crippen molar-refractivity contribution in [3.63, 3.8) is 0 Å². The van der Waals surface area contributed by atoms with E-state index in [9.17, 15) is 24.0 Å². The molecule has 45 heavy (non-hydrogen) atoms. The molecule has 10 nitrogen and oxygen atoms in total. The second-order valence-corrected chi connectivity index (χ2v) is 15.8. The number of nitrogens with one attached hydrogen (secondary N) is 3. The number of ketones is 1. The number of piperidine rings is 1. The molecule has 1 aromatic rings. The maximum atomic E-state index is 14.1. The molecule has 1 aromatic carbocycles. The van der Waals surface area contributed by atoms with Crippen LogP contribution in [0.3, 0.4) is 0 Å². The van der Waals surface area contributed by atoms with Gasteiger partial charge in [0.1, 0.15) is 17.7 Å². The molecule has 1 aliphatic heterocycles. The van der Waals surface area contributed by atoms with Gasteiger partial charge < -0.3 is 25.6 Å². The van der Waals surface area contributed by atoms with Gasteiger partial charge in [-0.15, -0.1) is 0 Å². The van der Waals surface area contributed by atoms with Crippen LogP contribution in [0.2, 0.25) is 0 Å². The third-order valence-corrected chi connectivity index (χ3v) is 9.64. The third-order valence-electron chi connectivity index (χ3n) is 9.64. The minimum Gasteiger partial charge on any atom is -0.444 e. The zero-order chi connectivity index (χ0) is 33.5. The first-order chi connectivity index (χ1) is 20.9. The molecule has 4 rings (SSSR count). The molecule has 4 amide bonds. The average Bonchev–Trinajstić information content (AvgIpc) is 3.76. The normalized spacial score (nSPS) is 26.2. The zero-order valence-electron chi connectivity index (χ0n) is 28.4. The van der Waals surface area contributed by atoms with E-state index in [0.717, 1.165) is 6.42 Å². The lowest BCUT2D eigenvalue weighted by atomic mass is 9.85. The Morgan fingerprint density at radius 3 is 2.22 bits per heavy atom. The Hall–Kier alpha value is -3.43. The minimum atomic E-state index is -0.997. The first-order valence-electron chi connectivity index (χ1n) is 16.3. The molecule has 248 valence electrons. The molecule has 0 bridgehead atoms. The van der Waals surface area contributed by atoms with Gasteiger partial charge in [-0.3, -0.25) is 19.2 Å².